The second-order valence-corrected chi connectivity index (χ2v) is 13.1. The number of aliphatic hydroxyl groups is 1. The van der Waals surface area contributed by atoms with Gasteiger partial charge < -0.3 is 25.4 Å². The Morgan fingerprint density at radius 1 is 1.12 bits per heavy atom. The number of aromatic nitrogens is 5. The van der Waals surface area contributed by atoms with Gasteiger partial charge in [-0.25, -0.2) is 0 Å². The predicted molar refractivity (Wildman–Crippen MR) is 183 cm³/mol. The van der Waals surface area contributed by atoms with Crippen molar-refractivity contribution < 1.29 is 24.2 Å². The Morgan fingerprint density at radius 2 is 1.94 bits per heavy atom. The van der Waals surface area contributed by atoms with Crippen LogP contribution < -0.4 is 10.6 Å². The first-order valence-electron chi connectivity index (χ1n) is 16.0. The molecule has 2 atom stereocenters. The lowest BCUT2D eigenvalue weighted by atomic mass is 9.93. The molecule has 49 heavy (non-hydrogen) atoms. The molecule has 1 fully saturated rings. The number of ether oxygens (including phenoxy) is 1. The molecule has 2 aliphatic heterocycles. The van der Waals surface area contributed by atoms with Gasteiger partial charge in [-0.1, -0.05) is 36.6 Å². The normalized spacial score (nSPS) is 18.7. The van der Waals surface area contributed by atoms with E-state index in [1.807, 2.05) is 30.3 Å². The lowest BCUT2D eigenvalue weighted by Gasteiger charge is -2.45. The SMILES string of the molecule is COC(=O)Cc1ccc2c(c1)N[C@@H](C(=O)N1CC(C)(O)C1)CCCC[C@H](NC(=O)/C=C/c1cc(Cl)ccc1-n1cnnn1)c1cc-2ccn1. The van der Waals surface area contributed by atoms with Crippen LogP contribution in [0.1, 0.15) is 55.5 Å². The molecule has 2 aromatic carbocycles. The van der Waals surface area contributed by atoms with E-state index >= 15 is 0 Å². The van der Waals surface area contributed by atoms with Crippen molar-refractivity contribution in [3.63, 3.8) is 0 Å². The summed E-state index contributed by atoms with van der Waals surface area (Å²) in [5, 5.41) is 28.8. The summed E-state index contributed by atoms with van der Waals surface area (Å²) >= 11 is 6.26. The summed E-state index contributed by atoms with van der Waals surface area (Å²) in [5.41, 5.74) is 4.17. The fourth-order valence-corrected chi connectivity index (χ4v) is 6.41. The molecule has 13 nitrogen and oxygen atoms in total. The molecule has 0 unspecified atom stereocenters. The molecular weight excluding hydrogens is 648 g/mol. The summed E-state index contributed by atoms with van der Waals surface area (Å²) in [6.45, 7) is 2.24. The number of tetrazole rings is 1. The highest BCUT2D eigenvalue weighted by molar-refractivity contribution is 6.30. The van der Waals surface area contributed by atoms with E-state index in [9.17, 15) is 19.5 Å². The number of hydrogen-bond acceptors (Lipinski definition) is 10. The number of rotatable bonds is 7. The molecule has 6 rings (SSSR count). The molecule has 14 heteroatoms. The maximum atomic E-state index is 13.7. The van der Waals surface area contributed by atoms with Crippen LogP contribution in [0.3, 0.4) is 0 Å². The average molecular weight is 685 g/mol. The van der Waals surface area contributed by atoms with E-state index in [1.54, 1.807) is 42.3 Å². The van der Waals surface area contributed by atoms with Crippen molar-refractivity contribution in [3.05, 3.63) is 89.0 Å². The monoisotopic (exact) mass is 684 g/mol. The van der Waals surface area contributed by atoms with Crippen LogP contribution in [0.15, 0.2) is 67.1 Å². The van der Waals surface area contributed by atoms with E-state index in [4.69, 9.17) is 16.3 Å². The van der Waals surface area contributed by atoms with E-state index in [0.717, 1.165) is 16.7 Å². The zero-order chi connectivity index (χ0) is 34.5. The fourth-order valence-electron chi connectivity index (χ4n) is 6.23. The first-order valence-corrected chi connectivity index (χ1v) is 16.4. The number of methoxy groups -OCH3 is 1. The Bertz CT molecular complexity index is 1870. The third-order valence-corrected chi connectivity index (χ3v) is 8.90. The number of benzene rings is 2. The number of fused-ring (bicyclic) bond motifs is 4. The number of carbonyl (C=O) groups is 3. The molecule has 4 heterocycles. The number of β-amino-alcohol motifs (C(OH)–C–C–N with tert-alkyl or cyclic N) is 1. The van der Waals surface area contributed by atoms with Gasteiger partial charge >= 0.3 is 5.97 Å². The summed E-state index contributed by atoms with van der Waals surface area (Å²) in [5.74, 6) is -0.788. The minimum absolute atomic E-state index is 0.0781. The van der Waals surface area contributed by atoms with Gasteiger partial charge in [0.05, 0.1) is 49.6 Å². The van der Waals surface area contributed by atoms with Gasteiger partial charge in [-0.3, -0.25) is 19.4 Å². The lowest BCUT2D eigenvalue weighted by Crippen LogP contribution is -2.64. The lowest BCUT2D eigenvalue weighted by molar-refractivity contribution is -0.153. The maximum absolute atomic E-state index is 13.7. The molecule has 254 valence electrons. The van der Waals surface area contributed by atoms with Crippen LogP contribution in [0.25, 0.3) is 22.9 Å². The summed E-state index contributed by atoms with van der Waals surface area (Å²) in [6.07, 6.45) is 8.85. The Hall–Kier alpha value is -5.14. The number of amides is 2. The van der Waals surface area contributed by atoms with Crippen LogP contribution in [0.5, 0.6) is 0 Å². The van der Waals surface area contributed by atoms with E-state index in [0.29, 0.717) is 53.3 Å². The highest BCUT2D eigenvalue weighted by atomic mass is 35.5. The predicted octanol–water partition coefficient (Wildman–Crippen LogP) is 3.91. The number of nitrogens with one attached hydrogen (secondary N) is 2. The molecule has 3 N–H and O–H groups in total. The van der Waals surface area contributed by atoms with Crippen LogP contribution in [0, 0.1) is 0 Å². The number of anilines is 1. The number of halogens is 1. The Balaban J connectivity index is 1.29. The molecule has 2 aromatic heterocycles. The summed E-state index contributed by atoms with van der Waals surface area (Å²) in [7, 11) is 1.35. The first kappa shape index (κ1) is 33.7. The van der Waals surface area contributed by atoms with Crippen LogP contribution in [0.4, 0.5) is 5.69 Å². The molecule has 2 aliphatic rings. The van der Waals surface area contributed by atoms with Crippen molar-refractivity contribution in [1.82, 2.24) is 35.4 Å². The largest absolute Gasteiger partial charge is 0.469 e. The van der Waals surface area contributed by atoms with Crippen molar-refractivity contribution in [3.8, 4) is 16.8 Å². The third kappa shape index (κ3) is 8.12. The van der Waals surface area contributed by atoms with E-state index in [-0.39, 0.29) is 37.3 Å². The minimum Gasteiger partial charge on any atom is -0.469 e. The highest BCUT2D eigenvalue weighted by Gasteiger charge is 2.41. The number of carbonyl (C=O) groups excluding carboxylic acids is 3. The zero-order valence-corrected chi connectivity index (χ0v) is 27.9. The smallest absolute Gasteiger partial charge is 0.309 e. The molecule has 0 radical (unpaired) electrons. The van der Waals surface area contributed by atoms with Gasteiger partial charge in [0.2, 0.25) is 11.8 Å². The number of esters is 1. The average Bonchev–Trinajstić information content (AvgIpc) is 3.61. The Kier molecular flexibility index (Phi) is 10.0. The Morgan fingerprint density at radius 3 is 2.69 bits per heavy atom. The van der Waals surface area contributed by atoms with Crippen LogP contribution in [-0.4, -0.2) is 84.8 Å². The highest BCUT2D eigenvalue weighted by Crippen LogP contribution is 2.34. The summed E-state index contributed by atoms with van der Waals surface area (Å²) in [4.78, 5) is 45.5. The fraction of sp³-hybridized carbons (Fsp3) is 0.343. The molecule has 4 aromatic rings. The zero-order valence-electron chi connectivity index (χ0n) is 27.2. The van der Waals surface area contributed by atoms with Gasteiger partial charge in [-0.2, -0.15) is 4.68 Å². The molecular formula is C35H37ClN8O5. The van der Waals surface area contributed by atoms with E-state index in [2.05, 4.69) is 31.1 Å². The number of likely N-dealkylation sites (tertiary alicyclic amines) is 1. The van der Waals surface area contributed by atoms with Crippen molar-refractivity contribution in [2.45, 2.75) is 56.7 Å². The standard InChI is InChI=1S/C35H37ClN8O5/c1-35(48)19-43(20-35)34(47)28-6-4-3-5-27(40-32(45)12-8-24-17-25(36)9-11-31(24)44-21-38-41-42-44)30-18-23(13-14-37-30)26-10-7-22(15-29(26)39-28)16-33(46)49-2/h7-15,17-18,21,27-28,39,48H,3-6,16,19-20H2,1-2H3,(H,40,45)/b12-8+/t27-,28+/m0/s1. The van der Waals surface area contributed by atoms with Gasteiger partial charge in [-0.05, 0) is 83.8 Å². The molecule has 2 amide bonds. The Labute approximate surface area is 288 Å². The van der Waals surface area contributed by atoms with Gasteiger partial charge in [0.25, 0.3) is 0 Å². The van der Waals surface area contributed by atoms with Crippen molar-refractivity contribution in [2.24, 2.45) is 0 Å². The van der Waals surface area contributed by atoms with Crippen molar-refractivity contribution in [1.29, 1.82) is 0 Å². The van der Waals surface area contributed by atoms with Crippen molar-refractivity contribution >= 4 is 41.1 Å². The first-order chi connectivity index (χ1) is 23.6. The minimum atomic E-state index is -0.901. The molecule has 1 saturated heterocycles. The van der Waals surface area contributed by atoms with Gasteiger partial charge in [0, 0.05) is 34.1 Å². The van der Waals surface area contributed by atoms with Gasteiger partial charge in [0.15, 0.2) is 0 Å². The number of hydrogen-bond donors (Lipinski definition) is 3. The number of nitrogens with zero attached hydrogens (tertiary/aromatic N) is 6. The molecule has 0 spiro atoms. The topological polar surface area (TPSA) is 164 Å². The second kappa shape index (κ2) is 14.5. The van der Waals surface area contributed by atoms with Crippen LogP contribution in [-0.2, 0) is 25.5 Å². The molecule has 0 aliphatic carbocycles. The summed E-state index contributed by atoms with van der Waals surface area (Å²) < 4.78 is 6.38. The quantitative estimate of drug-likeness (QED) is 0.192. The third-order valence-electron chi connectivity index (χ3n) is 8.66. The van der Waals surface area contributed by atoms with E-state index in [1.165, 1.54) is 24.2 Å². The maximum Gasteiger partial charge on any atom is 0.309 e. The summed E-state index contributed by atoms with van der Waals surface area (Å²) in [6, 6.07) is 13.7. The van der Waals surface area contributed by atoms with Gasteiger partial charge in [0.1, 0.15) is 12.4 Å². The van der Waals surface area contributed by atoms with E-state index < -0.39 is 17.7 Å². The van der Waals surface area contributed by atoms with Gasteiger partial charge in [-0.15, -0.1) is 5.10 Å². The second-order valence-electron chi connectivity index (χ2n) is 12.6. The van der Waals surface area contributed by atoms with Crippen LogP contribution >= 0.6 is 11.6 Å². The molecule has 0 saturated carbocycles. The van der Waals surface area contributed by atoms with Crippen molar-refractivity contribution in [2.75, 3.05) is 25.5 Å². The number of pyridine rings is 1. The molecule has 2 bridgehead atoms. The van der Waals surface area contributed by atoms with Crippen LogP contribution in [0.2, 0.25) is 5.02 Å².